The molecular weight excluding hydrogens is 207 g/mol. The number of halogens is 1. The Morgan fingerprint density at radius 3 is 2.69 bits per heavy atom. The Morgan fingerprint density at radius 1 is 1.38 bits per heavy atom. The standard InChI is InChI=1S/C12H11FN2O/c1-8(16)9-3-4-11(13)10(7-9)12-5-6-14-15(12)2/h3-7H,1-2H3. The summed E-state index contributed by atoms with van der Waals surface area (Å²) in [5.74, 6) is -0.433. The number of benzene rings is 1. The molecule has 0 radical (unpaired) electrons. The normalized spacial score (nSPS) is 10.4. The van der Waals surface area contributed by atoms with Gasteiger partial charge in [0.2, 0.25) is 0 Å². The highest BCUT2D eigenvalue weighted by Gasteiger charge is 2.11. The SMILES string of the molecule is CC(=O)c1ccc(F)c(-c2ccnn2C)c1. The van der Waals surface area contributed by atoms with Crippen LogP contribution in [0.15, 0.2) is 30.5 Å². The smallest absolute Gasteiger partial charge is 0.159 e. The quantitative estimate of drug-likeness (QED) is 0.725. The maximum Gasteiger partial charge on any atom is 0.159 e. The van der Waals surface area contributed by atoms with Gasteiger partial charge in [0.15, 0.2) is 5.78 Å². The third kappa shape index (κ3) is 1.74. The zero-order valence-corrected chi connectivity index (χ0v) is 9.07. The van der Waals surface area contributed by atoms with Gasteiger partial charge in [-0.25, -0.2) is 4.39 Å². The lowest BCUT2D eigenvalue weighted by molar-refractivity contribution is 0.101. The first-order valence-electron chi connectivity index (χ1n) is 4.88. The predicted octanol–water partition coefficient (Wildman–Crippen LogP) is 2.43. The van der Waals surface area contributed by atoms with Crippen LogP contribution >= 0.6 is 0 Å². The van der Waals surface area contributed by atoms with Crippen LogP contribution in [0.5, 0.6) is 0 Å². The summed E-state index contributed by atoms with van der Waals surface area (Å²) in [6, 6.07) is 6.05. The minimum atomic E-state index is -0.353. The second kappa shape index (κ2) is 3.89. The van der Waals surface area contributed by atoms with Crippen molar-refractivity contribution in [1.29, 1.82) is 0 Å². The summed E-state index contributed by atoms with van der Waals surface area (Å²) < 4.78 is 15.2. The number of aryl methyl sites for hydroxylation is 1. The van der Waals surface area contributed by atoms with Crippen molar-refractivity contribution >= 4 is 5.78 Å². The summed E-state index contributed by atoms with van der Waals surface area (Å²) in [5, 5.41) is 3.97. The van der Waals surface area contributed by atoms with Gasteiger partial charge in [-0.05, 0) is 31.2 Å². The van der Waals surface area contributed by atoms with Crippen molar-refractivity contribution in [2.24, 2.45) is 7.05 Å². The van der Waals surface area contributed by atoms with Gasteiger partial charge in [-0.15, -0.1) is 0 Å². The van der Waals surface area contributed by atoms with Crippen molar-refractivity contribution < 1.29 is 9.18 Å². The van der Waals surface area contributed by atoms with Gasteiger partial charge >= 0.3 is 0 Å². The fourth-order valence-electron chi connectivity index (χ4n) is 1.58. The molecule has 1 heterocycles. The molecule has 0 unspecified atom stereocenters. The van der Waals surface area contributed by atoms with Gasteiger partial charge in [0.1, 0.15) is 5.82 Å². The van der Waals surface area contributed by atoms with E-state index in [1.807, 2.05) is 0 Å². The Hall–Kier alpha value is -1.97. The van der Waals surface area contributed by atoms with E-state index >= 15 is 0 Å². The molecular formula is C12H11FN2O. The van der Waals surface area contributed by atoms with Crippen molar-refractivity contribution in [1.82, 2.24) is 9.78 Å². The van der Waals surface area contributed by atoms with Crippen molar-refractivity contribution in [3.8, 4) is 11.3 Å². The van der Waals surface area contributed by atoms with E-state index in [2.05, 4.69) is 5.10 Å². The Kier molecular flexibility index (Phi) is 2.56. The highest BCUT2D eigenvalue weighted by molar-refractivity contribution is 5.95. The van der Waals surface area contributed by atoms with Gasteiger partial charge in [0.05, 0.1) is 5.69 Å². The summed E-state index contributed by atoms with van der Waals surface area (Å²) in [6.07, 6.45) is 1.59. The van der Waals surface area contributed by atoms with E-state index in [0.29, 0.717) is 16.8 Å². The topological polar surface area (TPSA) is 34.9 Å². The van der Waals surface area contributed by atoms with Crippen LogP contribution in [-0.4, -0.2) is 15.6 Å². The van der Waals surface area contributed by atoms with Crippen LogP contribution in [0.25, 0.3) is 11.3 Å². The molecule has 0 aliphatic carbocycles. The molecule has 1 aromatic carbocycles. The average molecular weight is 218 g/mol. The summed E-state index contributed by atoms with van der Waals surface area (Å²) in [4.78, 5) is 11.2. The molecule has 82 valence electrons. The minimum absolute atomic E-state index is 0.0802. The average Bonchev–Trinajstić information content (AvgIpc) is 2.65. The molecule has 0 aliphatic rings. The van der Waals surface area contributed by atoms with E-state index in [-0.39, 0.29) is 11.6 Å². The fraction of sp³-hybridized carbons (Fsp3) is 0.167. The molecule has 0 atom stereocenters. The highest BCUT2D eigenvalue weighted by Crippen LogP contribution is 2.23. The van der Waals surface area contributed by atoms with Crippen LogP contribution in [0.3, 0.4) is 0 Å². The number of Topliss-reactive ketones (excluding diaryl/α,β-unsaturated/α-hetero) is 1. The van der Waals surface area contributed by atoms with Gasteiger partial charge < -0.3 is 0 Å². The van der Waals surface area contributed by atoms with Crippen LogP contribution < -0.4 is 0 Å². The second-order valence-corrected chi connectivity index (χ2v) is 3.59. The number of rotatable bonds is 2. The molecule has 0 fully saturated rings. The Bertz CT molecular complexity index is 546. The lowest BCUT2D eigenvalue weighted by Gasteiger charge is -2.05. The summed E-state index contributed by atoms with van der Waals surface area (Å²) in [7, 11) is 1.73. The van der Waals surface area contributed by atoms with Crippen LogP contribution in [0, 0.1) is 5.82 Å². The van der Waals surface area contributed by atoms with Crippen molar-refractivity contribution in [2.75, 3.05) is 0 Å². The van der Waals surface area contributed by atoms with Crippen LogP contribution in [0.2, 0.25) is 0 Å². The number of hydrogen-bond acceptors (Lipinski definition) is 2. The predicted molar refractivity (Wildman–Crippen MR) is 58.6 cm³/mol. The van der Waals surface area contributed by atoms with Gasteiger partial charge in [0.25, 0.3) is 0 Å². The van der Waals surface area contributed by atoms with Crippen molar-refractivity contribution in [3.05, 3.63) is 41.8 Å². The summed E-state index contributed by atoms with van der Waals surface area (Å²) in [6.45, 7) is 1.46. The Morgan fingerprint density at radius 2 is 2.12 bits per heavy atom. The molecule has 0 saturated carbocycles. The largest absolute Gasteiger partial charge is 0.295 e. The minimum Gasteiger partial charge on any atom is -0.295 e. The molecule has 0 bridgehead atoms. The lowest BCUT2D eigenvalue weighted by Crippen LogP contribution is -1.98. The van der Waals surface area contributed by atoms with Crippen LogP contribution in [0.4, 0.5) is 4.39 Å². The highest BCUT2D eigenvalue weighted by atomic mass is 19.1. The maximum atomic E-state index is 13.6. The lowest BCUT2D eigenvalue weighted by atomic mass is 10.1. The molecule has 0 N–H and O–H groups in total. The van der Waals surface area contributed by atoms with Crippen LogP contribution in [-0.2, 0) is 7.05 Å². The van der Waals surface area contributed by atoms with E-state index in [1.54, 1.807) is 30.1 Å². The third-order valence-corrected chi connectivity index (χ3v) is 2.47. The number of hydrogen-bond donors (Lipinski definition) is 0. The Labute approximate surface area is 92.5 Å². The van der Waals surface area contributed by atoms with Gasteiger partial charge in [-0.1, -0.05) is 0 Å². The zero-order valence-electron chi connectivity index (χ0n) is 9.07. The van der Waals surface area contributed by atoms with Gasteiger partial charge in [-0.2, -0.15) is 5.10 Å². The molecule has 0 amide bonds. The molecule has 2 aromatic rings. The van der Waals surface area contributed by atoms with Crippen molar-refractivity contribution in [2.45, 2.75) is 6.92 Å². The number of carbonyl (C=O) groups is 1. The molecule has 16 heavy (non-hydrogen) atoms. The Balaban J connectivity index is 2.60. The molecule has 3 nitrogen and oxygen atoms in total. The monoisotopic (exact) mass is 218 g/mol. The summed E-state index contributed by atoms with van der Waals surface area (Å²) >= 11 is 0. The molecule has 0 saturated heterocycles. The van der Waals surface area contributed by atoms with Gasteiger partial charge in [-0.3, -0.25) is 9.48 Å². The molecule has 0 aliphatic heterocycles. The van der Waals surface area contributed by atoms with Gasteiger partial charge in [0, 0.05) is 24.4 Å². The first kappa shape index (κ1) is 10.5. The van der Waals surface area contributed by atoms with E-state index in [9.17, 15) is 9.18 Å². The van der Waals surface area contributed by atoms with E-state index in [1.165, 1.54) is 19.1 Å². The van der Waals surface area contributed by atoms with E-state index < -0.39 is 0 Å². The molecule has 1 aromatic heterocycles. The van der Waals surface area contributed by atoms with E-state index in [4.69, 9.17) is 0 Å². The first-order valence-corrected chi connectivity index (χ1v) is 4.88. The third-order valence-electron chi connectivity index (χ3n) is 2.47. The first-order chi connectivity index (χ1) is 7.59. The molecule has 2 rings (SSSR count). The van der Waals surface area contributed by atoms with E-state index in [0.717, 1.165) is 0 Å². The molecule has 0 spiro atoms. The second-order valence-electron chi connectivity index (χ2n) is 3.59. The number of carbonyl (C=O) groups excluding carboxylic acids is 1. The number of nitrogens with zero attached hydrogens (tertiary/aromatic N) is 2. The van der Waals surface area contributed by atoms with Crippen LogP contribution in [0.1, 0.15) is 17.3 Å². The van der Waals surface area contributed by atoms with Crippen molar-refractivity contribution in [3.63, 3.8) is 0 Å². The summed E-state index contributed by atoms with van der Waals surface area (Å²) in [5.41, 5.74) is 1.55. The zero-order chi connectivity index (χ0) is 11.7. The fourth-order valence-corrected chi connectivity index (χ4v) is 1.58. The number of ketones is 1. The number of aromatic nitrogens is 2. The molecule has 4 heteroatoms. The maximum absolute atomic E-state index is 13.6.